The van der Waals surface area contributed by atoms with Gasteiger partial charge in [0.25, 0.3) is 0 Å². The van der Waals surface area contributed by atoms with E-state index >= 15 is 0 Å². The first kappa shape index (κ1) is 14.5. The molecular weight excluding hydrogens is 230 g/mol. The van der Waals surface area contributed by atoms with Gasteiger partial charge in [0.05, 0.1) is 6.10 Å². The molecule has 0 fully saturated rings. The Bertz CT molecular complexity index is 414. The van der Waals surface area contributed by atoms with Crippen LogP contribution in [0.25, 0.3) is 0 Å². The Morgan fingerprint density at radius 3 is 2.50 bits per heavy atom. The van der Waals surface area contributed by atoms with E-state index in [2.05, 4.69) is 0 Å². The molecule has 0 aliphatic carbocycles. The molecule has 0 spiro atoms. The van der Waals surface area contributed by atoms with Gasteiger partial charge >= 0.3 is 5.97 Å². The van der Waals surface area contributed by atoms with E-state index in [9.17, 15) is 4.79 Å². The summed E-state index contributed by atoms with van der Waals surface area (Å²) < 4.78 is 10.7. The summed E-state index contributed by atoms with van der Waals surface area (Å²) in [4.78, 5) is 11.2. The molecule has 0 saturated heterocycles. The Morgan fingerprint density at radius 1 is 1.33 bits per heavy atom. The third kappa shape index (κ3) is 4.37. The monoisotopic (exact) mass is 251 g/mol. The van der Waals surface area contributed by atoms with Crippen LogP contribution in [-0.4, -0.2) is 18.1 Å². The molecule has 0 aliphatic rings. The minimum atomic E-state index is -0.588. The predicted octanol–water partition coefficient (Wildman–Crippen LogP) is 2.17. The summed E-state index contributed by atoms with van der Waals surface area (Å²) in [6.45, 7) is 7.78. The van der Waals surface area contributed by atoms with Crippen LogP contribution in [0.1, 0.15) is 31.9 Å². The maximum absolute atomic E-state index is 11.2. The molecule has 1 rings (SSSR count). The molecule has 0 radical (unpaired) electrons. The summed E-state index contributed by atoms with van der Waals surface area (Å²) in [5, 5.41) is 0. The summed E-state index contributed by atoms with van der Waals surface area (Å²) >= 11 is 0. The van der Waals surface area contributed by atoms with Crippen molar-refractivity contribution in [2.24, 2.45) is 5.73 Å². The van der Waals surface area contributed by atoms with E-state index in [-0.39, 0.29) is 12.7 Å². The highest BCUT2D eigenvalue weighted by Crippen LogP contribution is 2.20. The largest absolute Gasteiger partial charge is 0.491 e. The quantitative estimate of drug-likeness (QED) is 0.815. The van der Waals surface area contributed by atoms with E-state index in [4.69, 9.17) is 15.2 Å². The highest BCUT2D eigenvalue weighted by Gasteiger charge is 2.09. The topological polar surface area (TPSA) is 61.5 Å². The molecule has 1 aromatic rings. The van der Waals surface area contributed by atoms with Gasteiger partial charge in [-0.25, -0.2) is 0 Å². The van der Waals surface area contributed by atoms with Gasteiger partial charge in [-0.05, 0) is 51.0 Å². The second-order valence-corrected chi connectivity index (χ2v) is 4.66. The van der Waals surface area contributed by atoms with Gasteiger partial charge in [0.15, 0.2) is 0 Å². The Balaban J connectivity index is 2.64. The molecule has 0 heterocycles. The number of esters is 1. The van der Waals surface area contributed by atoms with Gasteiger partial charge in [0, 0.05) is 0 Å². The number of aryl methyl sites for hydroxylation is 1. The molecule has 0 amide bonds. The van der Waals surface area contributed by atoms with Crippen LogP contribution in [0.2, 0.25) is 0 Å². The SMILES string of the molecule is Cc1cc(COC(=O)C(C)N)ccc1OC(C)C. The molecule has 4 nitrogen and oxygen atoms in total. The number of nitrogens with two attached hydrogens (primary N) is 1. The Morgan fingerprint density at radius 2 is 2.00 bits per heavy atom. The minimum absolute atomic E-state index is 0.144. The number of carbonyl (C=O) groups is 1. The third-order valence-electron chi connectivity index (χ3n) is 2.35. The number of hydrogen-bond donors (Lipinski definition) is 1. The fourth-order valence-electron chi connectivity index (χ4n) is 1.47. The summed E-state index contributed by atoms with van der Waals surface area (Å²) in [6, 6.07) is 5.14. The fraction of sp³-hybridized carbons (Fsp3) is 0.500. The third-order valence-corrected chi connectivity index (χ3v) is 2.35. The number of carbonyl (C=O) groups excluding carboxylic acids is 1. The zero-order valence-corrected chi connectivity index (χ0v) is 11.4. The molecule has 100 valence electrons. The Hall–Kier alpha value is -1.55. The lowest BCUT2D eigenvalue weighted by Crippen LogP contribution is -2.28. The maximum atomic E-state index is 11.2. The zero-order chi connectivity index (χ0) is 13.7. The first-order valence-electron chi connectivity index (χ1n) is 6.08. The zero-order valence-electron chi connectivity index (χ0n) is 11.4. The van der Waals surface area contributed by atoms with Crippen molar-refractivity contribution >= 4 is 5.97 Å². The van der Waals surface area contributed by atoms with Crippen molar-refractivity contribution in [3.8, 4) is 5.75 Å². The molecule has 1 unspecified atom stereocenters. The highest BCUT2D eigenvalue weighted by molar-refractivity contribution is 5.74. The van der Waals surface area contributed by atoms with Crippen molar-refractivity contribution < 1.29 is 14.3 Å². The van der Waals surface area contributed by atoms with E-state index < -0.39 is 12.0 Å². The minimum Gasteiger partial charge on any atom is -0.491 e. The molecule has 2 N–H and O–H groups in total. The first-order chi connectivity index (χ1) is 8.40. The van der Waals surface area contributed by atoms with Crippen LogP contribution in [0.5, 0.6) is 5.75 Å². The van der Waals surface area contributed by atoms with Gasteiger partial charge in [-0.1, -0.05) is 6.07 Å². The van der Waals surface area contributed by atoms with Crippen molar-refractivity contribution in [2.45, 2.75) is 46.4 Å². The van der Waals surface area contributed by atoms with Gasteiger partial charge in [-0.3, -0.25) is 4.79 Å². The van der Waals surface area contributed by atoms with E-state index in [1.54, 1.807) is 6.92 Å². The van der Waals surface area contributed by atoms with Crippen LogP contribution in [0.4, 0.5) is 0 Å². The van der Waals surface area contributed by atoms with Crippen LogP contribution < -0.4 is 10.5 Å². The van der Waals surface area contributed by atoms with Gasteiger partial charge in [-0.2, -0.15) is 0 Å². The lowest BCUT2D eigenvalue weighted by molar-refractivity contribution is -0.146. The van der Waals surface area contributed by atoms with Gasteiger partial charge in [0.1, 0.15) is 18.4 Å². The van der Waals surface area contributed by atoms with Crippen LogP contribution in [-0.2, 0) is 16.1 Å². The standard InChI is InChI=1S/C14H21NO3/c1-9(2)18-13-6-5-12(7-10(13)3)8-17-14(16)11(4)15/h5-7,9,11H,8,15H2,1-4H3. The second kappa shape index (κ2) is 6.40. The lowest BCUT2D eigenvalue weighted by Gasteiger charge is -2.13. The first-order valence-corrected chi connectivity index (χ1v) is 6.08. The van der Waals surface area contributed by atoms with Crippen LogP contribution >= 0.6 is 0 Å². The average Bonchev–Trinajstić information content (AvgIpc) is 2.28. The van der Waals surface area contributed by atoms with Gasteiger partial charge < -0.3 is 15.2 Å². The molecule has 0 aromatic heterocycles. The van der Waals surface area contributed by atoms with Crippen LogP contribution in [0.15, 0.2) is 18.2 Å². The van der Waals surface area contributed by atoms with Crippen molar-refractivity contribution in [2.75, 3.05) is 0 Å². The van der Waals surface area contributed by atoms with E-state index in [0.717, 1.165) is 16.9 Å². The van der Waals surface area contributed by atoms with E-state index in [0.29, 0.717) is 0 Å². The molecular formula is C14H21NO3. The fourth-order valence-corrected chi connectivity index (χ4v) is 1.47. The van der Waals surface area contributed by atoms with Gasteiger partial charge in [0.2, 0.25) is 0 Å². The average molecular weight is 251 g/mol. The number of hydrogen-bond acceptors (Lipinski definition) is 4. The van der Waals surface area contributed by atoms with Gasteiger partial charge in [-0.15, -0.1) is 0 Å². The van der Waals surface area contributed by atoms with Crippen LogP contribution in [0.3, 0.4) is 0 Å². The number of benzene rings is 1. The molecule has 1 atom stereocenters. The molecule has 0 saturated carbocycles. The van der Waals surface area contributed by atoms with Crippen LogP contribution in [0, 0.1) is 6.92 Å². The smallest absolute Gasteiger partial charge is 0.322 e. The molecule has 0 aliphatic heterocycles. The summed E-state index contributed by atoms with van der Waals surface area (Å²) in [7, 11) is 0. The Labute approximate surface area is 108 Å². The van der Waals surface area contributed by atoms with E-state index in [1.165, 1.54) is 0 Å². The van der Waals surface area contributed by atoms with Crippen molar-refractivity contribution in [1.82, 2.24) is 0 Å². The number of ether oxygens (including phenoxy) is 2. The molecule has 4 heteroatoms. The maximum Gasteiger partial charge on any atom is 0.322 e. The van der Waals surface area contributed by atoms with Crippen molar-refractivity contribution in [3.05, 3.63) is 29.3 Å². The molecule has 0 bridgehead atoms. The highest BCUT2D eigenvalue weighted by atomic mass is 16.5. The summed E-state index contributed by atoms with van der Waals surface area (Å²) in [5.74, 6) is 0.461. The molecule has 18 heavy (non-hydrogen) atoms. The molecule has 1 aromatic carbocycles. The predicted molar refractivity (Wildman–Crippen MR) is 70.4 cm³/mol. The summed E-state index contributed by atoms with van der Waals surface area (Å²) in [5.41, 5.74) is 7.37. The number of rotatable bonds is 5. The summed E-state index contributed by atoms with van der Waals surface area (Å²) in [6.07, 6.45) is 0.144. The van der Waals surface area contributed by atoms with E-state index in [1.807, 2.05) is 39.0 Å². The van der Waals surface area contributed by atoms with Crippen molar-refractivity contribution in [3.63, 3.8) is 0 Å². The van der Waals surface area contributed by atoms with Crippen molar-refractivity contribution in [1.29, 1.82) is 0 Å². The Kier molecular flexibility index (Phi) is 5.16. The normalized spacial score (nSPS) is 12.3. The lowest BCUT2D eigenvalue weighted by atomic mass is 10.1. The second-order valence-electron chi connectivity index (χ2n) is 4.66.